The van der Waals surface area contributed by atoms with E-state index < -0.39 is 0 Å². The van der Waals surface area contributed by atoms with Crippen LogP contribution in [0.15, 0.2) is 24.4 Å². The van der Waals surface area contributed by atoms with Gasteiger partial charge >= 0.3 is 0 Å². The van der Waals surface area contributed by atoms with E-state index in [1.807, 2.05) is 12.3 Å². The molecule has 3 atom stereocenters. The molecule has 0 amide bonds. The summed E-state index contributed by atoms with van der Waals surface area (Å²) in [5.41, 5.74) is 1.19. The number of hydrogen-bond acceptors (Lipinski definition) is 3. The second-order valence-corrected chi connectivity index (χ2v) is 5.86. The first kappa shape index (κ1) is 12.1. The molecule has 2 aliphatic rings. The predicted octanol–water partition coefficient (Wildman–Crippen LogP) is 2.36. The number of piperidine rings is 1. The molecule has 3 heteroatoms. The summed E-state index contributed by atoms with van der Waals surface area (Å²) in [5.74, 6) is 0. The molecule has 2 fully saturated rings. The lowest BCUT2D eigenvalue weighted by atomic mass is 9.97. The fraction of sp³-hybridized carbons (Fsp3) is 0.667. The van der Waals surface area contributed by atoms with E-state index >= 15 is 0 Å². The number of aromatic nitrogens is 1. The van der Waals surface area contributed by atoms with Gasteiger partial charge in [-0.2, -0.15) is 0 Å². The number of fused-ring (bicyclic) bond motifs is 2. The maximum absolute atomic E-state index is 4.49. The maximum atomic E-state index is 4.49. The quantitative estimate of drug-likeness (QED) is 0.886. The van der Waals surface area contributed by atoms with Crippen molar-refractivity contribution < 1.29 is 0 Å². The molecule has 0 aromatic carbocycles. The predicted molar refractivity (Wildman–Crippen MR) is 73.4 cm³/mol. The minimum absolute atomic E-state index is 0.411. The summed E-state index contributed by atoms with van der Waals surface area (Å²) in [6, 6.07) is 8.84. The fourth-order valence-corrected chi connectivity index (χ4v) is 3.51. The summed E-state index contributed by atoms with van der Waals surface area (Å²) < 4.78 is 0. The van der Waals surface area contributed by atoms with Gasteiger partial charge in [0.25, 0.3) is 0 Å². The molecule has 1 aromatic rings. The zero-order valence-corrected chi connectivity index (χ0v) is 11.3. The lowest BCUT2D eigenvalue weighted by Gasteiger charge is -2.38. The Bertz CT molecular complexity index is 380. The Labute approximate surface area is 110 Å². The molecule has 0 aliphatic carbocycles. The van der Waals surface area contributed by atoms with E-state index in [9.17, 15) is 0 Å². The molecule has 0 spiro atoms. The lowest BCUT2D eigenvalue weighted by Crippen LogP contribution is -2.47. The molecular formula is C15H23N3. The van der Waals surface area contributed by atoms with Gasteiger partial charge in [0.1, 0.15) is 0 Å². The highest BCUT2D eigenvalue weighted by Crippen LogP contribution is 2.32. The van der Waals surface area contributed by atoms with Crippen molar-refractivity contribution in [3.05, 3.63) is 30.1 Å². The normalized spacial score (nSPS) is 32.7. The molecule has 3 nitrogen and oxygen atoms in total. The van der Waals surface area contributed by atoms with Crippen LogP contribution in [-0.4, -0.2) is 35.1 Å². The smallest absolute Gasteiger partial charge is 0.0572 e. The van der Waals surface area contributed by atoms with Crippen LogP contribution in [0.25, 0.3) is 0 Å². The Morgan fingerprint density at radius 3 is 2.61 bits per heavy atom. The molecule has 2 saturated heterocycles. The minimum Gasteiger partial charge on any atom is -0.311 e. The van der Waals surface area contributed by atoms with Gasteiger partial charge < -0.3 is 5.32 Å². The molecular weight excluding hydrogens is 222 g/mol. The molecule has 2 bridgehead atoms. The van der Waals surface area contributed by atoms with Crippen molar-refractivity contribution in [2.75, 3.05) is 7.05 Å². The standard InChI is InChI=1S/C15H23N3/c1-11(15-5-3-4-8-16-15)18(2)14-9-12-6-7-13(10-14)17-12/h3-5,8,11-14,17H,6-7,9-10H2,1-2H3. The molecule has 0 radical (unpaired) electrons. The van der Waals surface area contributed by atoms with Crippen LogP contribution in [0.1, 0.15) is 44.3 Å². The first-order chi connectivity index (χ1) is 8.74. The summed E-state index contributed by atoms with van der Waals surface area (Å²) in [4.78, 5) is 7.01. The van der Waals surface area contributed by atoms with Crippen LogP contribution >= 0.6 is 0 Å². The van der Waals surface area contributed by atoms with Crippen LogP contribution in [0.5, 0.6) is 0 Å². The Hall–Kier alpha value is -0.930. The molecule has 0 saturated carbocycles. The zero-order chi connectivity index (χ0) is 12.5. The van der Waals surface area contributed by atoms with E-state index in [1.165, 1.54) is 31.4 Å². The number of hydrogen-bond donors (Lipinski definition) is 1. The van der Waals surface area contributed by atoms with E-state index in [-0.39, 0.29) is 0 Å². The third-order valence-electron chi connectivity index (χ3n) is 4.75. The molecule has 1 aromatic heterocycles. The second-order valence-electron chi connectivity index (χ2n) is 5.86. The van der Waals surface area contributed by atoms with Crippen LogP contribution in [-0.2, 0) is 0 Å². The number of nitrogens with one attached hydrogen (secondary N) is 1. The SMILES string of the molecule is CC(c1ccccn1)N(C)C1CC2CCC(C1)N2. The molecule has 3 unspecified atom stereocenters. The van der Waals surface area contributed by atoms with Crippen LogP contribution in [0.2, 0.25) is 0 Å². The van der Waals surface area contributed by atoms with Crippen LogP contribution in [0, 0.1) is 0 Å². The topological polar surface area (TPSA) is 28.2 Å². The number of rotatable bonds is 3. The molecule has 98 valence electrons. The van der Waals surface area contributed by atoms with Gasteiger partial charge in [-0.15, -0.1) is 0 Å². The van der Waals surface area contributed by atoms with Gasteiger partial charge in [0.2, 0.25) is 0 Å². The van der Waals surface area contributed by atoms with Crippen molar-refractivity contribution >= 4 is 0 Å². The van der Waals surface area contributed by atoms with Gasteiger partial charge in [-0.25, -0.2) is 0 Å². The number of nitrogens with zero attached hydrogens (tertiary/aromatic N) is 2. The van der Waals surface area contributed by atoms with Gasteiger partial charge in [0.15, 0.2) is 0 Å². The van der Waals surface area contributed by atoms with Gasteiger partial charge in [0, 0.05) is 30.4 Å². The average Bonchev–Trinajstić information content (AvgIpc) is 2.77. The van der Waals surface area contributed by atoms with Gasteiger partial charge in [0.05, 0.1) is 5.69 Å². The first-order valence-corrected chi connectivity index (χ1v) is 7.13. The highest BCUT2D eigenvalue weighted by molar-refractivity contribution is 5.09. The van der Waals surface area contributed by atoms with E-state index in [1.54, 1.807) is 0 Å². The lowest BCUT2D eigenvalue weighted by molar-refractivity contribution is 0.130. The van der Waals surface area contributed by atoms with Crippen LogP contribution in [0.4, 0.5) is 0 Å². The van der Waals surface area contributed by atoms with Crippen molar-refractivity contribution in [3.8, 4) is 0 Å². The van der Waals surface area contributed by atoms with Crippen molar-refractivity contribution in [2.45, 2.75) is 56.8 Å². The molecule has 2 aliphatic heterocycles. The molecule has 3 heterocycles. The third kappa shape index (κ3) is 2.29. The third-order valence-corrected chi connectivity index (χ3v) is 4.75. The van der Waals surface area contributed by atoms with Crippen molar-refractivity contribution in [3.63, 3.8) is 0 Å². The van der Waals surface area contributed by atoms with E-state index in [0.29, 0.717) is 12.1 Å². The Kier molecular flexibility index (Phi) is 3.35. The van der Waals surface area contributed by atoms with Gasteiger partial charge in [-0.1, -0.05) is 6.07 Å². The summed E-state index contributed by atoms with van der Waals surface area (Å²) in [6.07, 6.45) is 7.22. The Morgan fingerprint density at radius 2 is 2.00 bits per heavy atom. The number of pyridine rings is 1. The highest BCUT2D eigenvalue weighted by atomic mass is 15.2. The minimum atomic E-state index is 0.411. The Morgan fingerprint density at radius 1 is 1.28 bits per heavy atom. The summed E-state index contributed by atoms with van der Waals surface area (Å²) in [7, 11) is 2.26. The van der Waals surface area contributed by atoms with Gasteiger partial charge in [-0.05, 0) is 51.8 Å². The molecule has 3 rings (SSSR count). The second kappa shape index (κ2) is 4.98. The molecule has 18 heavy (non-hydrogen) atoms. The summed E-state index contributed by atoms with van der Waals surface area (Å²) in [5, 5.41) is 3.71. The monoisotopic (exact) mass is 245 g/mol. The van der Waals surface area contributed by atoms with E-state index in [4.69, 9.17) is 0 Å². The molecule has 1 N–H and O–H groups in total. The van der Waals surface area contributed by atoms with E-state index in [2.05, 4.69) is 41.3 Å². The van der Waals surface area contributed by atoms with Gasteiger partial charge in [-0.3, -0.25) is 9.88 Å². The average molecular weight is 245 g/mol. The fourth-order valence-electron chi connectivity index (χ4n) is 3.51. The summed E-state index contributed by atoms with van der Waals surface area (Å²) >= 11 is 0. The largest absolute Gasteiger partial charge is 0.311 e. The zero-order valence-electron chi connectivity index (χ0n) is 11.3. The Balaban J connectivity index is 1.69. The highest BCUT2D eigenvalue weighted by Gasteiger charge is 2.36. The first-order valence-electron chi connectivity index (χ1n) is 7.13. The maximum Gasteiger partial charge on any atom is 0.0572 e. The van der Waals surface area contributed by atoms with Crippen molar-refractivity contribution in [1.82, 2.24) is 15.2 Å². The summed E-state index contributed by atoms with van der Waals surface area (Å²) in [6.45, 7) is 2.27. The van der Waals surface area contributed by atoms with Crippen LogP contribution in [0.3, 0.4) is 0 Å². The van der Waals surface area contributed by atoms with Crippen molar-refractivity contribution in [1.29, 1.82) is 0 Å². The van der Waals surface area contributed by atoms with E-state index in [0.717, 1.165) is 12.1 Å². The van der Waals surface area contributed by atoms with Crippen molar-refractivity contribution in [2.24, 2.45) is 0 Å². The van der Waals surface area contributed by atoms with Crippen LogP contribution < -0.4 is 5.32 Å².